The van der Waals surface area contributed by atoms with Crippen LogP contribution >= 0.6 is 0 Å². The highest BCUT2D eigenvalue weighted by Gasteiger charge is 2.39. The zero-order valence-electron chi connectivity index (χ0n) is 12.9. The molecule has 1 heterocycles. The quantitative estimate of drug-likeness (QED) is 0.574. The summed E-state index contributed by atoms with van der Waals surface area (Å²) in [6.07, 6.45) is 2.70. The van der Waals surface area contributed by atoms with E-state index in [2.05, 4.69) is 50.3 Å². The molecule has 0 spiro atoms. The number of likely N-dealkylation sites (N-methyl/N-ethyl adjacent to an activating group) is 1. The first kappa shape index (κ1) is 15.9. The van der Waals surface area contributed by atoms with Crippen LogP contribution in [-0.2, 0) is 6.54 Å². The number of hydrogen-bond acceptors (Lipinski definition) is 5. The van der Waals surface area contributed by atoms with Crippen LogP contribution in [0.25, 0.3) is 0 Å². The van der Waals surface area contributed by atoms with Crippen molar-refractivity contribution in [2.45, 2.75) is 45.3 Å². The third-order valence-corrected chi connectivity index (χ3v) is 4.16. The first-order valence-electron chi connectivity index (χ1n) is 6.69. The van der Waals surface area contributed by atoms with Crippen LogP contribution < -0.4 is 16.0 Å². The number of nitrogens with zero attached hydrogens (tertiary/aromatic N) is 3. The van der Waals surface area contributed by atoms with Crippen molar-refractivity contribution in [3.63, 3.8) is 0 Å². The summed E-state index contributed by atoms with van der Waals surface area (Å²) in [6, 6.07) is -0.0649. The first-order valence-corrected chi connectivity index (χ1v) is 6.69. The maximum absolute atomic E-state index is 5.84. The van der Waals surface area contributed by atoms with E-state index in [0.29, 0.717) is 0 Å². The molecule has 0 aliphatic rings. The number of methoxy groups -OCH3 is 1. The summed E-state index contributed by atoms with van der Waals surface area (Å²) in [7, 11) is 5.78. The van der Waals surface area contributed by atoms with Gasteiger partial charge in [-0.2, -0.15) is 5.10 Å². The predicted molar refractivity (Wildman–Crippen MR) is 76.9 cm³/mol. The predicted octanol–water partition coefficient (Wildman–Crippen LogP) is 1.15. The molecule has 2 unspecified atom stereocenters. The Hall–Kier alpha value is -1.11. The molecule has 0 radical (unpaired) electrons. The van der Waals surface area contributed by atoms with Crippen LogP contribution in [0.5, 0.6) is 5.75 Å². The smallest absolute Gasteiger partial charge is 0.161 e. The number of hydrazine groups is 1. The second-order valence-corrected chi connectivity index (χ2v) is 5.12. The van der Waals surface area contributed by atoms with E-state index in [1.165, 1.54) is 0 Å². The first-order chi connectivity index (χ1) is 8.96. The van der Waals surface area contributed by atoms with Crippen LogP contribution in [0, 0.1) is 0 Å². The van der Waals surface area contributed by atoms with Crippen LogP contribution in [0.1, 0.15) is 38.9 Å². The number of rotatable bonds is 7. The molecule has 1 aromatic heterocycles. The fraction of sp³-hybridized carbons (Fsp3) is 0.769. The summed E-state index contributed by atoms with van der Waals surface area (Å²) in [6.45, 7) is 7.18. The summed E-state index contributed by atoms with van der Waals surface area (Å²) in [5.74, 6) is 6.61. The van der Waals surface area contributed by atoms with Gasteiger partial charge in [0.2, 0.25) is 0 Å². The fourth-order valence-electron chi connectivity index (χ4n) is 2.41. The maximum atomic E-state index is 5.84. The van der Waals surface area contributed by atoms with Gasteiger partial charge in [0.1, 0.15) is 5.69 Å². The van der Waals surface area contributed by atoms with Gasteiger partial charge in [-0.1, -0.05) is 6.92 Å². The van der Waals surface area contributed by atoms with E-state index in [0.717, 1.165) is 24.4 Å². The van der Waals surface area contributed by atoms with Crippen molar-refractivity contribution < 1.29 is 4.74 Å². The molecule has 110 valence electrons. The van der Waals surface area contributed by atoms with Gasteiger partial charge in [-0.25, -0.2) is 5.43 Å². The van der Waals surface area contributed by atoms with Gasteiger partial charge in [0.15, 0.2) is 5.75 Å². The van der Waals surface area contributed by atoms with Crippen molar-refractivity contribution in [3.05, 3.63) is 11.9 Å². The Morgan fingerprint density at radius 1 is 1.53 bits per heavy atom. The number of ether oxygens (including phenoxy) is 1. The summed E-state index contributed by atoms with van der Waals surface area (Å²) in [5.41, 5.74) is 3.81. The van der Waals surface area contributed by atoms with E-state index in [9.17, 15) is 0 Å². The summed E-state index contributed by atoms with van der Waals surface area (Å²) in [4.78, 5) is 2.18. The molecule has 19 heavy (non-hydrogen) atoms. The number of nitrogens with two attached hydrogens (primary N) is 1. The van der Waals surface area contributed by atoms with Gasteiger partial charge in [0, 0.05) is 12.1 Å². The Kier molecular flexibility index (Phi) is 5.34. The molecule has 0 fully saturated rings. The maximum Gasteiger partial charge on any atom is 0.161 e. The van der Waals surface area contributed by atoms with Gasteiger partial charge in [-0.05, 0) is 34.4 Å². The lowest BCUT2D eigenvalue weighted by molar-refractivity contribution is 0.107. The van der Waals surface area contributed by atoms with Gasteiger partial charge in [-0.3, -0.25) is 10.5 Å². The van der Waals surface area contributed by atoms with Crippen LogP contribution in [0.3, 0.4) is 0 Å². The number of nitrogens with one attached hydrogen (secondary N) is 1. The van der Waals surface area contributed by atoms with Crippen molar-refractivity contribution in [1.82, 2.24) is 20.1 Å². The minimum Gasteiger partial charge on any atom is -0.493 e. The average Bonchev–Trinajstić information content (AvgIpc) is 2.81. The van der Waals surface area contributed by atoms with Crippen molar-refractivity contribution in [3.8, 4) is 5.75 Å². The van der Waals surface area contributed by atoms with E-state index in [-0.39, 0.29) is 11.6 Å². The highest BCUT2D eigenvalue weighted by molar-refractivity contribution is 5.31. The van der Waals surface area contributed by atoms with Gasteiger partial charge in [0.25, 0.3) is 0 Å². The number of aromatic nitrogens is 2. The molecular formula is C13H27N5O. The Morgan fingerprint density at radius 2 is 2.16 bits per heavy atom. The molecule has 0 bridgehead atoms. The summed E-state index contributed by atoms with van der Waals surface area (Å²) >= 11 is 0. The van der Waals surface area contributed by atoms with Crippen LogP contribution in [0.15, 0.2) is 6.20 Å². The van der Waals surface area contributed by atoms with E-state index in [1.54, 1.807) is 13.3 Å². The van der Waals surface area contributed by atoms with Crippen molar-refractivity contribution in [2.75, 3.05) is 21.2 Å². The van der Waals surface area contributed by atoms with Gasteiger partial charge < -0.3 is 9.64 Å². The third kappa shape index (κ3) is 2.75. The fourth-order valence-corrected chi connectivity index (χ4v) is 2.41. The number of hydrogen-bond donors (Lipinski definition) is 2. The van der Waals surface area contributed by atoms with Gasteiger partial charge >= 0.3 is 0 Å². The molecular weight excluding hydrogens is 242 g/mol. The number of aryl methyl sites for hydroxylation is 1. The molecule has 6 nitrogen and oxygen atoms in total. The molecule has 2 atom stereocenters. The highest BCUT2D eigenvalue weighted by atomic mass is 16.5. The van der Waals surface area contributed by atoms with Crippen LogP contribution in [0.4, 0.5) is 0 Å². The van der Waals surface area contributed by atoms with E-state index < -0.39 is 0 Å². The SMILES string of the molecule is CCn1ncc(OC)c1C(NN)C(C)(CC)N(C)C. The largest absolute Gasteiger partial charge is 0.493 e. The van der Waals surface area contributed by atoms with Crippen molar-refractivity contribution in [1.29, 1.82) is 0 Å². The molecule has 0 saturated carbocycles. The molecule has 1 aromatic rings. The molecule has 0 saturated heterocycles. The minimum atomic E-state index is -0.130. The standard InChI is InChI=1S/C13H27N5O/c1-7-13(3,17(4)5)12(16-14)11-10(19-6)9-15-18(11)8-2/h9,12,16H,7-8,14H2,1-6H3. The van der Waals surface area contributed by atoms with Crippen LogP contribution in [0.2, 0.25) is 0 Å². The lowest BCUT2D eigenvalue weighted by atomic mass is 9.86. The summed E-state index contributed by atoms with van der Waals surface area (Å²) < 4.78 is 7.36. The molecule has 0 aliphatic heterocycles. The highest BCUT2D eigenvalue weighted by Crippen LogP contribution is 2.36. The minimum absolute atomic E-state index is 0.0649. The van der Waals surface area contributed by atoms with E-state index >= 15 is 0 Å². The molecule has 3 N–H and O–H groups in total. The normalized spacial score (nSPS) is 16.4. The summed E-state index contributed by atoms with van der Waals surface area (Å²) in [5, 5.41) is 4.36. The molecule has 0 amide bonds. The second-order valence-electron chi connectivity index (χ2n) is 5.12. The van der Waals surface area contributed by atoms with E-state index in [1.807, 2.05) is 4.68 Å². The second kappa shape index (κ2) is 6.36. The Bertz CT molecular complexity index is 382. The van der Waals surface area contributed by atoms with E-state index in [4.69, 9.17) is 10.6 Å². The van der Waals surface area contributed by atoms with Crippen molar-refractivity contribution in [2.24, 2.45) is 5.84 Å². The lowest BCUT2D eigenvalue weighted by Crippen LogP contribution is -2.53. The zero-order valence-corrected chi connectivity index (χ0v) is 12.9. The van der Waals surface area contributed by atoms with Crippen molar-refractivity contribution >= 4 is 0 Å². The van der Waals surface area contributed by atoms with Gasteiger partial charge in [-0.15, -0.1) is 0 Å². The van der Waals surface area contributed by atoms with Gasteiger partial charge in [0.05, 0.1) is 19.3 Å². The molecule has 0 aliphatic carbocycles. The topological polar surface area (TPSA) is 68.3 Å². The average molecular weight is 269 g/mol. The Balaban J connectivity index is 3.33. The molecule has 1 rings (SSSR count). The third-order valence-electron chi connectivity index (χ3n) is 4.16. The van der Waals surface area contributed by atoms with Crippen LogP contribution in [-0.4, -0.2) is 41.4 Å². The Morgan fingerprint density at radius 3 is 2.53 bits per heavy atom. The molecule has 6 heteroatoms. The Labute approximate surface area is 115 Å². The zero-order chi connectivity index (χ0) is 14.6. The monoisotopic (exact) mass is 269 g/mol. The molecule has 0 aromatic carbocycles. The lowest BCUT2D eigenvalue weighted by Gasteiger charge is -2.42.